The van der Waals surface area contributed by atoms with E-state index in [1.54, 1.807) is 0 Å². The number of morpholine rings is 1. The van der Waals surface area contributed by atoms with E-state index < -0.39 is 0 Å². The highest BCUT2D eigenvalue weighted by Gasteiger charge is 2.23. The third-order valence-electron chi connectivity index (χ3n) is 4.61. The molecule has 26 heavy (non-hydrogen) atoms. The molecule has 1 aliphatic rings. The van der Waals surface area contributed by atoms with Gasteiger partial charge in [-0.3, -0.25) is 9.88 Å². The minimum atomic E-state index is 0. The average Bonchev–Trinajstić information content (AvgIpc) is 2.61. The second-order valence-corrected chi connectivity index (χ2v) is 6.80. The predicted octanol–water partition coefficient (Wildman–Crippen LogP) is 2.42. The summed E-state index contributed by atoms with van der Waals surface area (Å²) >= 11 is 0. The number of aryl methyl sites for hydroxylation is 1. The molecule has 2 N–H and O–H groups in total. The molecule has 0 saturated carbocycles. The van der Waals surface area contributed by atoms with Crippen molar-refractivity contribution in [3.63, 3.8) is 0 Å². The van der Waals surface area contributed by atoms with Crippen LogP contribution in [0.15, 0.2) is 23.3 Å². The van der Waals surface area contributed by atoms with Crippen molar-refractivity contribution in [2.75, 3.05) is 39.4 Å². The SMILES string of the molecule is CCNC(=NCc1ncccc1C)NCC(C(C)C)N1CCOCC1.I. The minimum absolute atomic E-state index is 0. The van der Waals surface area contributed by atoms with Crippen molar-refractivity contribution in [2.45, 2.75) is 40.3 Å². The summed E-state index contributed by atoms with van der Waals surface area (Å²) in [7, 11) is 0. The van der Waals surface area contributed by atoms with Crippen molar-refractivity contribution in [2.24, 2.45) is 10.9 Å². The molecule has 1 aromatic rings. The van der Waals surface area contributed by atoms with E-state index in [2.05, 4.69) is 54.3 Å². The topological polar surface area (TPSA) is 61.8 Å². The Bertz CT molecular complexity index is 546. The van der Waals surface area contributed by atoms with Gasteiger partial charge in [0.1, 0.15) is 0 Å². The zero-order chi connectivity index (χ0) is 18.1. The molecule has 2 rings (SSSR count). The highest BCUT2D eigenvalue weighted by Crippen LogP contribution is 2.12. The highest BCUT2D eigenvalue weighted by atomic mass is 127. The number of hydrogen-bond donors (Lipinski definition) is 2. The summed E-state index contributed by atoms with van der Waals surface area (Å²) in [6.07, 6.45) is 1.82. The normalized spacial score (nSPS) is 16.9. The van der Waals surface area contributed by atoms with E-state index in [1.807, 2.05) is 12.3 Å². The van der Waals surface area contributed by atoms with Gasteiger partial charge >= 0.3 is 0 Å². The lowest BCUT2D eigenvalue weighted by molar-refractivity contribution is 0.00752. The van der Waals surface area contributed by atoms with E-state index in [4.69, 9.17) is 9.73 Å². The fourth-order valence-electron chi connectivity index (χ4n) is 3.08. The van der Waals surface area contributed by atoms with Crippen LogP contribution in [0, 0.1) is 12.8 Å². The number of guanidine groups is 1. The molecule has 1 aliphatic heterocycles. The maximum Gasteiger partial charge on any atom is 0.191 e. The zero-order valence-corrected chi connectivity index (χ0v) is 18.8. The maximum absolute atomic E-state index is 5.49. The van der Waals surface area contributed by atoms with E-state index in [9.17, 15) is 0 Å². The first-order chi connectivity index (χ1) is 12.1. The molecule has 0 bridgehead atoms. The van der Waals surface area contributed by atoms with Crippen LogP contribution in [0.2, 0.25) is 0 Å². The van der Waals surface area contributed by atoms with Gasteiger partial charge in [0.25, 0.3) is 0 Å². The molecular weight excluding hydrogens is 441 g/mol. The van der Waals surface area contributed by atoms with Gasteiger partial charge in [-0.2, -0.15) is 0 Å². The van der Waals surface area contributed by atoms with Crippen molar-refractivity contribution >= 4 is 29.9 Å². The first-order valence-electron chi connectivity index (χ1n) is 9.36. The van der Waals surface area contributed by atoms with Crippen molar-refractivity contribution < 1.29 is 4.74 Å². The number of nitrogens with zero attached hydrogens (tertiary/aromatic N) is 3. The third kappa shape index (κ3) is 7.36. The van der Waals surface area contributed by atoms with Crippen LogP contribution in [0.5, 0.6) is 0 Å². The third-order valence-corrected chi connectivity index (χ3v) is 4.61. The van der Waals surface area contributed by atoms with Crippen molar-refractivity contribution in [3.05, 3.63) is 29.6 Å². The summed E-state index contributed by atoms with van der Waals surface area (Å²) in [5.74, 6) is 1.43. The molecule has 2 heterocycles. The second kappa shape index (κ2) is 12.5. The summed E-state index contributed by atoms with van der Waals surface area (Å²) in [5, 5.41) is 6.86. The van der Waals surface area contributed by atoms with Crippen molar-refractivity contribution in [1.29, 1.82) is 0 Å². The molecule has 6 nitrogen and oxygen atoms in total. The van der Waals surface area contributed by atoms with Crippen LogP contribution in [-0.2, 0) is 11.3 Å². The van der Waals surface area contributed by atoms with Gasteiger partial charge in [-0.05, 0) is 31.4 Å². The Morgan fingerprint density at radius 2 is 2.04 bits per heavy atom. The lowest BCUT2D eigenvalue weighted by atomic mass is 10.0. The Kier molecular flexibility index (Phi) is 11.1. The molecule has 148 valence electrons. The van der Waals surface area contributed by atoms with E-state index in [0.29, 0.717) is 18.5 Å². The van der Waals surface area contributed by atoms with E-state index in [1.165, 1.54) is 5.56 Å². The second-order valence-electron chi connectivity index (χ2n) is 6.80. The first kappa shape index (κ1) is 23.1. The Labute approximate surface area is 175 Å². The van der Waals surface area contributed by atoms with Gasteiger partial charge in [0, 0.05) is 38.4 Å². The van der Waals surface area contributed by atoms with Crippen LogP contribution in [-0.4, -0.2) is 61.3 Å². The average molecular weight is 475 g/mol. The summed E-state index contributed by atoms with van der Waals surface area (Å²) in [4.78, 5) is 11.7. The standard InChI is InChI=1S/C19H33N5O.HI/c1-5-20-19(22-13-17-16(4)7-6-8-21-17)23-14-18(15(2)3)24-9-11-25-12-10-24;/h6-8,15,18H,5,9-14H2,1-4H3,(H2,20,22,23);1H. The first-order valence-corrected chi connectivity index (χ1v) is 9.36. The number of nitrogens with one attached hydrogen (secondary N) is 2. The van der Waals surface area contributed by atoms with E-state index in [-0.39, 0.29) is 24.0 Å². The molecule has 1 unspecified atom stereocenters. The van der Waals surface area contributed by atoms with Crippen LogP contribution < -0.4 is 10.6 Å². The lowest BCUT2D eigenvalue weighted by Crippen LogP contribution is -2.52. The fraction of sp³-hybridized carbons (Fsp3) is 0.684. The largest absolute Gasteiger partial charge is 0.379 e. The number of rotatable bonds is 7. The van der Waals surface area contributed by atoms with Gasteiger partial charge in [0.05, 0.1) is 25.5 Å². The van der Waals surface area contributed by atoms with Gasteiger partial charge in [-0.15, -0.1) is 24.0 Å². The Morgan fingerprint density at radius 3 is 2.65 bits per heavy atom. The van der Waals surface area contributed by atoms with Crippen molar-refractivity contribution in [3.8, 4) is 0 Å². The fourth-order valence-corrected chi connectivity index (χ4v) is 3.08. The molecule has 0 spiro atoms. The lowest BCUT2D eigenvalue weighted by Gasteiger charge is -2.37. The molecule has 1 atom stereocenters. The Morgan fingerprint density at radius 1 is 1.31 bits per heavy atom. The number of aromatic nitrogens is 1. The monoisotopic (exact) mass is 475 g/mol. The van der Waals surface area contributed by atoms with Crippen molar-refractivity contribution in [1.82, 2.24) is 20.5 Å². The molecule has 1 fully saturated rings. The summed E-state index contributed by atoms with van der Waals surface area (Å²) in [5.41, 5.74) is 2.20. The van der Waals surface area contributed by atoms with Gasteiger partial charge in [-0.25, -0.2) is 4.99 Å². The van der Waals surface area contributed by atoms with Crippen LogP contribution in [0.3, 0.4) is 0 Å². The molecule has 0 aliphatic carbocycles. The maximum atomic E-state index is 5.49. The summed E-state index contributed by atoms with van der Waals surface area (Å²) < 4.78 is 5.49. The zero-order valence-electron chi connectivity index (χ0n) is 16.5. The van der Waals surface area contributed by atoms with E-state index >= 15 is 0 Å². The van der Waals surface area contributed by atoms with Crippen LogP contribution in [0.25, 0.3) is 0 Å². The van der Waals surface area contributed by atoms with Gasteiger partial charge in [-0.1, -0.05) is 19.9 Å². The molecule has 0 amide bonds. The quantitative estimate of drug-likeness (QED) is 0.361. The minimum Gasteiger partial charge on any atom is -0.379 e. The predicted molar refractivity (Wildman–Crippen MR) is 118 cm³/mol. The smallest absolute Gasteiger partial charge is 0.191 e. The number of ether oxygens (including phenoxy) is 1. The Hall–Kier alpha value is -0.930. The number of halogens is 1. The molecule has 0 aromatic carbocycles. The summed E-state index contributed by atoms with van der Waals surface area (Å²) in [6, 6.07) is 4.51. The number of pyridine rings is 1. The van der Waals surface area contributed by atoms with Crippen LogP contribution >= 0.6 is 24.0 Å². The molecule has 1 saturated heterocycles. The van der Waals surface area contributed by atoms with Gasteiger partial charge in [0.2, 0.25) is 0 Å². The Balaban J connectivity index is 0.00000338. The molecule has 0 radical (unpaired) electrons. The van der Waals surface area contributed by atoms with Gasteiger partial charge < -0.3 is 15.4 Å². The summed E-state index contributed by atoms with van der Waals surface area (Å²) in [6.45, 7) is 14.7. The highest BCUT2D eigenvalue weighted by molar-refractivity contribution is 14.0. The van der Waals surface area contributed by atoms with Crippen LogP contribution in [0.4, 0.5) is 0 Å². The molecule has 1 aromatic heterocycles. The van der Waals surface area contributed by atoms with Gasteiger partial charge in [0.15, 0.2) is 5.96 Å². The van der Waals surface area contributed by atoms with E-state index in [0.717, 1.165) is 51.0 Å². The van der Waals surface area contributed by atoms with Crippen LogP contribution in [0.1, 0.15) is 32.0 Å². The molecule has 7 heteroatoms. The number of hydrogen-bond acceptors (Lipinski definition) is 4. The molecular formula is C19H34IN5O. The number of aliphatic imine (C=N–C) groups is 1.